The highest BCUT2D eigenvalue weighted by molar-refractivity contribution is 5.84. The van der Waals surface area contributed by atoms with Gasteiger partial charge in [-0.25, -0.2) is 0 Å². The van der Waals surface area contributed by atoms with Crippen LogP contribution >= 0.6 is 0 Å². The van der Waals surface area contributed by atoms with E-state index in [9.17, 15) is 4.79 Å². The molecule has 1 fully saturated rings. The van der Waals surface area contributed by atoms with Gasteiger partial charge in [-0.3, -0.25) is 4.79 Å². The fraction of sp³-hybridized carbons (Fsp3) is 0.609. The lowest BCUT2D eigenvalue weighted by atomic mass is 9.78. The fourth-order valence-corrected chi connectivity index (χ4v) is 4.60. The van der Waals surface area contributed by atoms with Crippen LogP contribution in [0.3, 0.4) is 0 Å². The fourth-order valence-electron chi connectivity index (χ4n) is 4.60. The Morgan fingerprint density at radius 3 is 2.54 bits per heavy atom. The molecule has 1 aromatic heterocycles. The smallest absolute Gasteiger partial charge is 0.228 e. The summed E-state index contributed by atoms with van der Waals surface area (Å²) in [4.78, 5) is 20.4. The van der Waals surface area contributed by atoms with Crippen LogP contribution in [0.1, 0.15) is 26.5 Å². The molecule has 5 nitrogen and oxygen atoms in total. The number of carbonyl (C=O) groups is 1. The van der Waals surface area contributed by atoms with Crippen LogP contribution in [0.25, 0.3) is 10.9 Å². The third kappa shape index (κ3) is 3.58. The van der Waals surface area contributed by atoms with E-state index in [1.165, 1.54) is 16.6 Å². The number of likely N-dealkylation sites (N-methyl/N-ethyl adjacent to an activating group) is 1. The highest BCUT2D eigenvalue weighted by Gasteiger charge is 2.39. The van der Waals surface area contributed by atoms with E-state index in [0.717, 1.165) is 52.4 Å². The van der Waals surface area contributed by atoms with Gasteiger partial charge in [-0.2, -0.15) is 0 Å². The summed E-state index contributed by atoms with van der Waals surface area (Å²) in [5.41, 5.74) is 2.19. The van der Waals surface area contributed by atoms with Crippen LogP contribution in [0, 0.1) is 11.3 Å². The van der Waals surface area contributed by atoms with Crippen molar-refractivity contribution >= 4 is 16.8 Å². The highest BCUT2D eigenvalue weighted by Crippen LogP contribution is 2.32. The summed E-state index contributed by atoms with van der Waals surface area (Å²) in [5.74, 6) is 0.627. The Labute approximate surface area is 168 Å². The normalized spacial score (nSPS) is 20.4. The minimum Gasteiger partial charge on any atom is -0.341 e. The summed E-state index contributed by atoms with van der Waals surface area (Å²) in [7, 11) is 2.18. The molecule has 0 N–H and O–H groups in total. The number of nitrogens with zero attached hydrogens (tertiary/aromatic N) is 4. The average molecular weight is 383 g/mol. The van der Waals surface area contributed by atoms with Crippen molar-refractivity contribution in [3.63, 3.8) is 0 Å². The van der Waals surface area contributed by atoms with Crippen molar-refractivity contribution in [2.45, 2.75) is 33.9 Å². The van der Waals surface area contributed by atoms with E-state index in [-0.39, 0.29) is 5.41 Å². The zero-order valence-electron chi connectivity index (χ0n) is 17.8. The van der Waals surface area contributed by atoms with Crippen molar-refractivity contribution < 1.29 is 4.79 Å². The van der Waals surface area contributed by atoms with Crippen molar-refractivity contribution in [2.75, 3.05) is 46.3 Å². The van der Waals surface area contributed by atoms with Crippen LogP contribution < -0.4 is 0 Å². The van der Waals surface area contributed by atoms with E-state index in [0.29, 0.717) is 11.8 Å². The number of amides is 1. The first-order chi connectivity index (χ1) is 13.4. The standard InChI is InChI=1S/C23H34N4O/c1-18(16-25-11-9-24(4)10-12-25)23(2,3)22(28)26-13-14-27-20(17-26)15-19-7-5-6-8-21(19)27/h5-8,15,18H,9-14,16-17H2,1-4H3. The summed E-state index contributed by atoms with van der Waals surface area (Å²) in [6.07, 6.45) is 0. The molecule has 2 aliphatic rings. The molecule has 0 radical (unpaired) electrons. The second kappa shape index (κ2) is 7.53. The molecule has 0 saturated carbocycles. The van der Waals surface area contributed by atoms with Gasteiger partial charge in [0.1, 0.15) is 0 Å². The van der Waals surface area contributed by atoms with Crippen LogP contribution in [-0.4, -0.2) is 71.5 Å². The summed E-state index contributed by atoms with van der Waals surface area (Å²) < 4.78 is 2.37. The average Bonchev–Trinajstić information content (AvgIpc) is 3.06. The van der Waals surface area contributed by atoms with Gasteiger partial charge in [0.25, 0.3) is 0 Å². The Balaban J connectivity index is 1.44. The van der Waals surface area contributed by atoms with Gasteiger partial charge >= 0.3 is 0 Å². The Bertz CT molecular complexity index is 847. The maximum absolute atomic E-state index is 13.5. The summed E-state index contributed by atoms with van der Waals surface area (Å²) in [5, 5.41) is 1.27. The molecule has 0 aliphatic carbocycles. The number of carbonyl (C=O) groups excluding carboxylic acids is 1. The van der Waals surface area contributed by atoms with Crippen LogP contribution in [-0.2, 0) is 17.9 Å². The second-order valence-corrected chi connectivity index (χ2v) is 9.30. The molecular formula is C23H34N4O. The number of rotatable bonds is 4. The molecule has 1 saturated heterocycles. The maximum Gasteiger partial charge on any atom is 0.228 e. The molecule has 1 atom stereocenters. The number of hydrogen-bond donors (Lipinski definition) is 0. The van der Waals surface area contributed by atoms with Crippen LogP contribution in [0.4, 0.5) is 0 Å². The Hall–Kier alpha value is -1.85. The number of piperazine rings is 1. The molecule has 1 amide bonds. The molecule has 0 spiro atoms. The monoisotopic (exact) mass is 382 g/mol. The number of fused-ring (bicyclic) bond motifs is 3. The zero-order valence-corrected chi connectivity index (χ0v) is 17.8. The lowest BCUT2D eigenvalue weighted by Crippen LogP contribution is -2.51. The SMILES string of the molecule is CC(CN1CCN(C)CC1)C(C)(C)C(=O)N1CCn2c(cc3ccccc32)C1. The van der Waals surface area contributed by atoms with E-state index in [4.69, 9.17) is 0 Å². The van der Waals surface area contributed by atoms with Gasteiger partial charge in [-0.1, -0.05) is 39.0 Å². The summed E-state index contributed by atoms with van der Waals surface area (Å²) in [6, 6.07) is 10.8. The minimum atomic E-state index is -0.350. The second-order valence-electron chi connectivity index (χ2n) is 9.30. The summed E-state index contributed by atoms with van der Waals surface area (Å²) >= 11 is 0. The van der Waals surface area contributed by atoms with Crippen molar-refractivity contribution in [2.24, 2.45) is 11.3 Å². The number of benzene rings is 1. The molecule has 3 heterocycles. The van der Waals surface area contributed by atoms with Gasteiger partial charge in [0, 0.05) is 62.4 Å². The van der Waals surface area contributed by atoms with Crippen LogP contribution in [0.5, 0.6) is 0 Å². The van der Waals surface area contributed by atoms with Gasteiger partial charge in [-0.15, -0.1) is 0 Å². The molecule has 5 heteroatoms. The summed E-state index contributed by atoms with van der Waals surface area (Å²) in [6.45, 7) is 14.4. The molecule has 152 valence electrons. The van der Waals surface area contributed by atoms with Crippen molar-refractivity contribution in [1.29, 1.82) is 0 Å². The number of hydrogen-bond acceptors (Lipinski definition) is 3. The van der Waals surface area contributed by atoms with Crippen molar-refractivity contribution in [1.82, 2.24) is 19.3 Å². The largest absolute Gasteiger partial charge is 0.341 e. The lowest BCUT2D eigenvalue weighted by Gasteiger charge is -2.41. The number of aromatic nitrogens is 1. The maximum atomic E-state index is 13.5. The topological polar surface area (TPSA) is 31.7 Å². The minimum absolute atomic E-state index is 0.297. The van der Waals surface area contributed by atoms with E-state index >= 15 is 0 Å². The molecular weight excluding hydrogens is 348 g/mol. The van der Waals surface area contributed by atoms with Gasteiger partial charge in [0.2, 0.25) is 5.91 Å². The van der Waals surface area contributed by atoms with Crippen LogP contribution in [0.2, 0.25) is 0 Å². The van der Waals surface area contributed by atoms with E-state index in [1.807, 2.05) is 0 Å². The van der Waals surface area contributed by atoms with Gasteiger partial charge in [-0.05, 0) is 30.5 Å². The molecule has 0 bridgehead atoms. The first-order valence-electron chi connectivity index (χ1n) is 10.6. The van der Waals surface area contributed by atoms with E-state index in [2.05, 4.69) is 77.4 Å². The molecule has 2 aliphatic heterocycles. The third-order valence-electron chi connectivity index (χ3n) is 7.04. The predicted octanol–water partition coefficient (Wildman–Crippen LogP) is 2.89. The molecule has 1 aromatic carbocycles. The molecule has 2 aromatic rings. The lowest BCUT2D eigenvalue weighted by molar-refractivity contribution is -0.145. The molecule has 28 heavy (non-hydrogen) atoms. The Morgan fingerprint density at radius 2 is 1.79 bits per heavy atom. The van der Waals surface area contributed by atoms with Crippen molar-refractivity contribution in [3.8, 4) is 0 Å². The first-order valence-corrected chi connectivity index (χ1v) is 10.6. The quantitative estimate of drug-likeness (QED) is 0.815. The first kappa shape index (κ1) is 19.5. The van der Waals surface area contributed by atoms with E-state index < -0.39 is 0 Å². The van der Waals surface area contributed by atoms with Crippen molar-refractivity contribution in [3.05, 3.63) is 36.0 Å². The van der Waals surface area contributed by atoms with Crippen LogP contribution in [0.15, 0.2) is 30.3 Å². The Kier molecular flexibility index (Phi) is 5.23. The third-order valence-corrected chi connectivity index (χ3v) is 7.04. The zero-order chi connectivity index (χ0) is 19.9. The van der Waals surface area contributed by atoms with Gasteiger partial charge < -0.3 is 19.3 Å². The molecule has 4 rings (SSSR count). The highest BCUT2D eigenvalue weighted by atomic mass is 16.2. The number of para-hydroxylation sites is 1. The Morgan fingerprint density at radius 1 is 1.07 bits per heavy atom. The van der Waals surface area contributed by atoms with Gasteiger partial charge in [0.05, 0.1) is 6.54 Å². The predicted molar refractivity (Wildman–Crippen MR) is 114 cm³/mol. The van der Waals surface area contributed by atoms with E-state index in [1.54, 1.807) is 0 Å². The molecule has 1 unspecified atom stereocenters. The van der Waals surface area contributed by atoms with Gasteiger partial charge in [0.15, 0.2) is 0 Å².